The van der Waals surface area contributed by atoms with Crippen LogP contribution in [0.2, 0.25) is 0 Å². The second kappa shape index (κ2) is 6.61. The number of hydrogen-bond acceptors (Lipinski definition) is 3. The molecule has 1 amide bonds. The SMILES string of the molecule is C[C@@H](NC(=O)COc1cccc(N)c1)c1ccccc1. The van der Waals surface area contributed by atoms with E-state index < -0.39 is 0 Å². The lowest BCUT2D eigenvalue weighted by Gasteiger charge is -2.14. The molecule has 0 spiro atoms. The van der Waals surface area contributed by atoms with Crippen LogP contribution in [0.1, 0.15) is 18.5 Å². The summed E-state index contributed by atoms with van der Waals surface area (Å²) in [7, 11) is 0. The molecule has 0 aliphatic rings. The van der Waals surface area contributed by atoms with Crippen LogP contribution in [0.5, 0.6) is 5.75 Å². The van der Waals surface area contributed by atoms with Crippen molar-refractivity contribution >= 4 is 11.6 Å². The largest absolute Gasteiger partial charge is 0.484 e. The summed E-state index contributed by atoms with van der Waals surface area (Å²) in [6.45, 7) is 1.91. The number of nitrogens with one attached hydrogen (secondary N) is 1. The second-order valence-electron chi connectivity index (χ2n) is 4.56. The van der Waals surface area contributed by atoms with Crippen LogP contribution in [-0.2, 0) is 4.79 Å². The van der Waals surface area contributed by atoms with E-state index in [0.29, 0.717) is 11.4 Å². The molecule has 0 aliphatic heterocycles. The zero-order valence-corrected chi connectivity index (χ0v) is 11.4. The van der Waals surface area contributed by atoms with E-state index in [1.807, 2.05) is 37.3 Å². The van der Waals surface area contributed by atoms with Gasteiger partial charge in [-0.1, -0.05) is 36.4 Å². The van der Waals surface area contributed by atoms with Crippen LogP contribution in [-0.4, -0.2) is 12.5 Å². The molecule has 0 aliphatic carbocycles. The first-order valence-electron chi connectivity index (χ1n) is 6.48. The maximum Gasteiger partial charge on any atom is 0.258 e. The van der Waals surface area contributed by atoms with Crippen molar-refractivity contribution in [3.05, 3.63) is 60.2 Å². The summed E-state index contributed by atoms with van der Waals surface area (Å²) in [6.07, 6.45) is 0. The minimum absolute atomic E-state index is 0.0272. The fourth-order valence-electron chi connectivity index (χ4n) is 1.86. The van der Waals surface area contributed by atoms with Gasteiger partial charge in [0.05, 0.1) is 6.04 Å². The Morgan fingerprint density at radius 2 is 1.95 bits per heavy atom. The van der Waals surface area contributed by atoms with Crippen molar-refractivity contribution in [2.45, 2.75) is 13.0 Å². The Bertz CT molecular complexity index is 570. The summed E-state index contributed by atoms with van der Waals surface area (Å²) in [5.41, 5.74) is 7.31. The molecule has 104 valence electrons. The summed E-state index contributed by atoms with van der Waals surface area (Å²) >= 11 is 0. The average Bonchev–Trinajstić information content (AvgIpc) is 2.46. The van der Waals surface area contributed by atoms with Crippen LogP contribution < -0.4 is 15.8 Å². The Kier molecular flexibility index (Phi) is 4.60. The lowest BCUT2D eigenvalue weighted by atomic mass is 10.1. The molecule has 2 rings (SSSR count). The van der Waals surface area contributed by atoms with E-state index in [4.69, 9.17) is 10.5 Å². The maximum absolute atomic E-state index is 11.8. The average molecular weight is 270 g/mol. The van der Waals surface area contributed by atoms with Crippen molar-refractivity contribution in [2.75, 3.05) is 12.3 Å². The summed E-state index contributed by atoms with van der Waals surface area (Å²) in [4.78, 5) is 11.8. The van der Waals surface area contributed by atoms with E-state index >= 15 is 0 Å². The van der Waals surface area contributed by atoms with Crippen molar-refractivity contribution in [2.24, 2.45) is 0 Å². The van der Waals surface area contributed by atoms with E-state index in [1.165, 1.54) is 0 Å². The van der Waals surface area contributed by atoms with Crippen LogP contribution in [0, 0.1) is 0 Å². The number of nitrogen functional groups attached to an aromatic ring is 1. The molecule has 0 fully saturated rings. The highest BCUT2D eigenvalue weighted by atomic mass is 16.5. The quantitative estimate of drug-likeness (QED) is 0.821. The lowest BCUT2D eigenvalue weighted by molar-refractivity contribution is -0.123. The standard InChI is InChI=1S/C16H18N2O2/c1-12(13-6-3-2-4-7-13)18-16(19)11-20-15-9-5-8-14(17)10-15/h2-10,12H,11,17H2,1H3,(H,18,19)/t12-/m1/s1. The number of nitrogens with two attached hydrogens (primary N) is 1. The monoisotopic (exact) mass is 270 g/mol. The number of anilines is 1. The van der Waals surface area contributed by atoms with Crippen LogP contribution in [0.3, 0.4) is 0 Å². The number of carbonyl (C=O) groups excluding carboxylic acids is 1. The molecule has 2 aromatic carbocycles. The third-order valence-corrected chi connectivity index (χ3v) is 2.91. The predicted octanol–water partition coefficient (Wildman–Crippen LogP) is 2.53. The zero-order chi connectivity index (χ0) is 14.4. The molecule has 2 aromatic rings. The molecular formula is C16H18N2O2. The maximum atomic E-state index is 11.8. The number of rotatable bonds is 5. The van der Waals surface area contributed by atoms with Gasteiger partial charge in [0.2, 0.25) is 0 Å². The number of ether oxygens (including phenoxy) is 1. The van der Waals surface area contributed by atoms with E-state index in [9.17, 15) is 4.79 Å². The molecule has 1 atom stereocenters. The molecule has 0 radical (unpaired) electrons. The third kappa shape index (κ3) is 4.02. The van der Waals surface area contributed by atoms with E-state index in [2.05, 4.69) is 5.32 Å². The van der Waals surface area contributed by atoms with E-state index in [1.54, 1.807) is 24.3 Å². The van der Waals surface area contributed by atoms with E-state index in [0.717, 1.165) is 5.56 Å². The van der Waals surface area contributed by atoms with Gasteiger partial charge in [-0.3, -0.25) is 4.79 Å². The second-order valence-corrected chi connectivity index (χ2v) is 4.56. The molecule has 0 heterocycles. The van der Waals surface area contributed by atoms with Gasteiger partial charge in [-0.25, -0.2) is 0 Å². The van der Waals surface area contributed by atoms with Gasteiger partial charge in [-0.2, -0.15) is 0 Å². The van der Waals surface area contributed by atoms with E-state index in [-0.39, 0.29) is 18.6 Å². The van der Waals surface area contributed by atoms with Crippen molar-refractivity contribution in [1.29, 1.82) is 0 Å². The van der Waals surface area contributed by atoms with Gasteiger partial charge in [0.15, 0.2) is 6.61 Å². The predicted molar refractivity (Wildman–Crippen MR) is 79.3 cm³/mol. The molecule has 0 bridgehead atoms. The Hall–Kier alpha value is -2.49. The summed E-state index contributed by atoms with van der Waals surface area (Å²) < 4.78 is 5.39. The zero-order valence-electron chi connectivity index (χ0n) is 11.4. The van der Waals surface area contributed by atoms with Crippen LogP contribution >= 0.6 is 0 Å². The van der Waals surface area contributed by atoms with Crippen LogP contribution in [0.15, 0.2) is 54.6 Å². The number of amides is 1. The molecule has 0 saturated heterocycles. The molecule has 0 saturated carbocycles. The molecule has 0 unspecified atom stereocenters. The van der Waals surface area contributed by atoms with Crippen molar-refractivity contribution in [3.8, 4) is 5.75 Å². The number of carbonyl (C=O) groups is 1. The van der Waals surface area contributed by atoms with Gasteiger partial charge in [-0.05, 0) is 24.6 Å². The molecule has 4 nitrogen and oxygen atoms in total. The minimum atomic E-state index is -0.163. The Labute approximate surface area is 118 Å². The number of hydrogen-bond donors (Lipinski definition) is 2. The fourth-order valence-corrected chi connectivity index (χ4v) is 1.86. The fraction of sp³-hybridized carbons (Fsp3) is 0.188. The van der Waals surface area contributed by atoms with Crippen molar-refractivity contribution in [1.82, 2.24) is 5.32 Å². The van der Waals surface area contributed by atoms with Crippen LogP contribution in [0.4, 0.5) is 5.69 Å². The first kappa shape index (κ1) is 13.9. The van der Waals surface area contributed by atoms with Crippen molar-refractivity contribution in [3.63, 3.8) is 0 Å². The summed E-state index contributed by atoms with van der Waals surface area (Å²) in [5, 5.41) is 2.89. The Morgan fingerprint density at radius 3 is 2.65 bits per heavy atom. The van der Waals surface area contributed by atoms with Gasteiger partial charge in [0, 0.05) is 11.8 Å². The van der Waals surface area contributed by atoms with Crippen LogP contribution in [0.25, 0.3) is 0 Å². The van der Waals surface area contributed by atoms with Gasteiger partial charge < -0.3 is 15.8 Å². The molecule has 20 heavy (non-hydrogen) atoms. The summed E-state index contributed by atoms with van der Waals surface area (Å²) in [6, 6.07) is 16.8. The van der Waals surface area contributed by atoms with Gasteiger partial charge in [0.1, 0.15) is 5.75 Å². The highest BCUT2D eigenvalue weighted by Gasteiger charge is 2.09. The van der Waals surface area contributed by atoms with Gasteiger partial charge >= 0.3 is 0 Å². The van der Waals surface area contributed by atoms with Gasteiger partial charge in [-0.15, -0.1) is 0 Å². The molecule has 3 N–H and O–H groups in total. The molecular weight excluding hydrogens is 252 g/mol. The minimum Gasteiger partial charge on any atom is -0.484 e. The first-order chi connectivity index (χ1) is 9.65. The number of benzene rings is 2. The van der Waals surface area contributed by atoms with Crippen molar-refractivity contribution < 1.29 is 9.53 Å². The first-order valence-corrected chi connectivity index (χ1v) is 6.48. The summed E-state index contributed by atoms with van der Waals surface area (Å²) in [5.74, 6) is 0.427. The smallest absolute Gasteiger partial charge is 0.258 e. The Morgan fingerprint density at radius 1 is 1.20 bits per heavy atom. The highest BCUT2D eigenvalue weighted by Crippen LogP contribution is 2.14. The molecule has 0 aromatic heterocycles. The molecule has 4 heteroatoms. The Balaban J connectivity index is 1.84. The lowest BCUT2D eigenvalue weighted by Crippen LogP contribution is -2.31. The highest BCUT2D eigenvalue weighted by molar-refractivity contribution is 5.78. The topological polar surface area (TPSA) is 64.3 Å². The van der Waals surface area contributed by atoms with Gasteiger partial charge in [0.25, 0.3) is 5.91 Å². The normalized spacial score (nSPS) is 11.7. The third-order valence-electron chi connectivity index (χ3n) is 2.91.